The van der Waals surface area contributed by atoms with E-state index in [2.05, 4.69) is 0 Å². The van der Waals surface area contributed by atoms with Crippen molar-refractivity contribution in [1.82, 2.24) is 0 Å². The molecule has 2 aromatic carbocycles. The quantitative estimate of drug-likeness (QED) is 0.294. The van der Waals surface area contributed by atoms with Gasteiger partial charge in [0.05, 0.1) is 17.1 Å². The molecule has 0 bridgehead atoms. The number of hydrogen-bond acceptors (Lipinski definition) is 7. The number of rotatable bonds is 10. The molecule has 27 heavy (non-hydrogen) atoms. The van der Waals surface area contributed by atoms with Crippen molar-refractivity contribution in [3.05, 3.63) is 63.2 Å². The lowest BCUT2D eigenvalue weighted by molar-refractivity contribution is -0.384. The topological polar surface area (TPSA) is 100 Å². The van der Waals surface area contributed by atoms with Crippen molar-refractivity contribution in [2.24, 2.45) is 0 Å². The zero-order valence-electron chi connectivity index (χ0n) is 15.1. The summed E-state index contributed by atoms with van der Waals surface area (Å²) in [7, 11) is 3.01. The number of methoxy groups -OCH3 is 2. The highest BCUT2D eigenvalue weighted by Crippen LogP contribution is 2.33. The fourth-order valence-corrected chi connectivity index (χ4v) is 2.28. The number of hydrogen-bond donors (Lipinski definition) is 1. The molecule has 144 valence electrons. The third kappa shape index (κ3) is 5.78. The average molecular weight is 375 g/mol. The van der Waals surface area contributed by atoms with E-state index in [9.17, 15) is 15.2 Å². The molecule has 0 heterocycles. The second-order valence-electron chi connectivity index (χ2n) is 5.45. The first-order chi connectivity index (χ1) is 13.1. The number of nitro groups is 1. The van der Waals surface area contributed by atoms with Crippen molar-refractivity contribution < 1.29 is 29.0 Å². The molecule has 2 rings (SSSR count). The van der Waals surface area contributed by atoms with Gasteiger partial charge in [0, 0.05) is 26.4 Å². The molecule has 0 aromatic heterocycles. The van der Waals surface area contributed by atoms with Crippen molar-refractivity contribution in [1.29, 1.82) is 0 Å². The largest absolute Gasteiger partial charge is 0.467 e. The minimum Gasteiger partial charge on any atom is -0.467 e. The minimum atomic E-state index is -0.450. The number of nitrogens with zero attached hydrogens (tertiary/aromatic N) is 1. The van der Waals surface area contributed by atoms with Crippen LogP contribution in [0.1, 0.15) is 16.7 Å². The van der Waals surface area contributed by atoms with Gasteiger partial charge in [-0.2, -0.15) is 0 Å². The molecule has 8 heteroatoms. The van der Waals surface area contributed by atoms with E-state index in [-0.39, 0.29) is 25.9 Å². The number of aliphatic hydroxyl groups excluding tert-OH is 1. The first-order valence-corrected chi connectivity index (χ1v) is 8.02. The van der Waals surface area contributed by atoms with Gasteiger partial charge in [-0.3, -0.25) is 10.1 Å². The summed E-state index contributed by atoms with van der Waals surface area (Å²) < 4.78 is 21.1. The van der Waals surface area contributed by atoms with Crippen LogP contribution in [-0.2, 0) is 16.1 Å². The average Bonchev–Trinajstić information content (AvgIpc) is 2.69. The number of ether oxygens (including phenoxy) is 4. The van der Waals surface area contributed by atoms with Gasteiger partial charge in [0.2, 0.25) is 0 Å². The molecule has 0 aliphatic rings. The molecule has 0 fully saturated rings. The molecule has 0 radical (unpaired) electrons. The van der Waals surface area contributed by atoms with Crippen LogP contribution in [0.25, 0.3) is 12.2 Å². The zero-order valence-corrected chi connectivity index (χ0v) is 15.1. The highest BCUT2D eigenvalue weighted by Gasteiger charge is 2.12. The number of aliphatic hydroxyl groups is 1. The van der Waals surface area contributed by atoms with Crippen molar-refractivity contribution >= 4 is 17.8 Å². The highest BCUT2D eigenvalue weighted by atomic mass is 16.7. The number of non-ortho nitro benzene ring substituents is 1. The molecule has 2 aromatic rings. The summed E-state index contributed by atoms with van der Waals surface area (Å²) in [4.78, 5) is 10.3. The summed E-state index contributed by atoms with van der Waals surface area (Å²) in [6.07, 6.45) is 3.54. The van der Waals surface area contributed by atoms with E-state index in [4.69, 9.17) is 18.9 Å². The summed E-state index contributed by atoms with van der Waals surface area (Å²) in [5.41, 5.74) is 2.02. The maximum absolute atomic E-state index is 10.8. The summed E-state index contributed by atoms with van der Waals surface area (Å²) >= 11 is 0. The Bertz CT molecular complexity index is 758. The van der Waals surface area contributed by atoms with Gasteiger partial charge in [0.25, 0.3) is 5.69 Å². The van der Waals surface area contributed by atoms with Gasteiger partial charge < -0.3 is 24.1 Å². The molecule has 0 saturated carbocycles. The van der Waals surface area contributed by atoms with Crippen LogP contribution in [0.2, 0.25) is 0 Å². The van der Waals surface area contributed by atoms with E-state index in [0.717, 1.165) is 5.56 Å². The third-order valence-corrected chi connectivity index (χ3v) is 3.56. The van der Waals surface area contributed by atoms with Crippen LogP contribution in [0.3, 0.4) is 0 Å². The van der Waals surface area contributed by atoms with Crippen LogP contribution in [0, 0.1) is 10.1 Å². The summed E-state index contributed by atoms with van der Waals surface area (Å²) in [5.74, 6) is 0.931. The molecule has 0 atom stereocenters. The SMILES string of the molecule is COCOc1cc(CO)cc(OCOC)c1/C=C/c1ccc([N+](=O)[O-])cc1. The van der Waals surface area contributed by atoms with Crippen LogP contribution in [0.4, 0.5) is 5.69 Å². The molecule has 0 aliphatic carbocycles. The van der Waals surface area contributed by atoms with E-state index >= 15 is 0 Å². The second-order valence-corrected chi connectivity index (χ2v) is 5.45. The van der Waals surface area contributed by atoms with Gasteiger partial charge >= 0.3 is 0 Å². The van der Waals surface area contributed by atoms with Crippen LogP contribution in [-0.4, -0.2) is 37.8 Å². The Hall–Kier alpha value is -2.94. The predicted molar refractivity (Wildman–Crippen MR) is 99.4 cm³/mol. The predicted octanol–water partition coefficient (Wildman–Crippen LogP) is 3.22. The Morgan fingerprint density at radius 2 is 1.56 bits per heavy atom. The molecule has 1 N–H and O–H groups in total. The van der Waals surface area contributed by atoms with Gasteiger partial charge in [-0.05, 0) is 41.5 Å². The lowest BCUT2D eigenvalue weighted by Gasteiger charge is -2.15. The van der Waals surface area contributed by atoms with E-state index in [0.29, 0.717) is 22.6 Å². The summed E-state index contributed by atoms with van der Waals surface area (Å²) in [6, 6.07) is 9.52. The fraction of sp³-hybridized carbons (Fsp3) is 0.263. The first kappa shape index (κ1) is 20.4. The van der Waals surface area contributed by atoms with Gasteiger partial charge in [0.15, 0.2) is 13.6 Å². The lowest BCUT2D eigenvalue weighted by Crippen LogP contribution is -2.05. The highest BCUT2D eigenvalue weighted by molar-refractivity contribution is 5.76. The maximum Gasteiger partial charge on any atom is 0.269 e. The van der Waals surface area contributed by atoms with E-state index in [1.165, 1.54) is 26.4 Å². The third-order valence-electron chi connectivity index (χ3n) is 3.56. The molecule has 0 aliphatic heterocycles. The van der Waals surface area contributed by atoms with Gasteiger partial charge in [-0.1, -0.05) is 6.08 Å². The normalized spacial score (nSPS) is 10.9. The van der Waals surface area contributed by atoms with Gasteiger partial charge in [-0.25, -0.2) is 0 Å². The Morgan fingerprint density at radius 3 is 2.00 bits per heavy atom. The standard InChI is InChI=1S/C19H21NO7/c1-24-12-26-18-9-15(11-21)10-19(27-13-25-2)17(18)8-5-14-3-6-16(7-4-14)20(22)23/h3-10,21H,11-13H2,1-2H3/b8-5+. The van der Waals surface area contributed by atoms with Crippen molar-refractivity contribution in [3.63, 3.8) is 0 Å². The zero-order chi connectivity index (χ0) is 19.6. The molecule has 8 nitrogen and oxygen atoms in total. The molecular weight excluding hydrogens is 354 g/mol. The van der Waals surface area contributed by atoms with Crippen molar-refractivity contribution in [2.75, 3.05) is 27.8 Å². The van der Waals surface area contributed by atoms with E-state index in [1.807, 2.05) is 0 Å². The second kappa shape index (κ2) is 10.3. The monoisotopic (exact) mass is 375 g/mol. The van der Waals surface area contributed by atoms with Crippen LogP contribution in [0.5, 0.6) is 11.5 Å². The molecule has 0 unspecified atom stereocenters. The van der Waals surface area contributed by atoms with Crippen molar-refractivity contribution in [3.8, 4) is 11.5 Å². The molecule has 0 amide bonds. The Morgan fingerprint density at radius 1 is 1.00 bits per heavy atom. The van der Waals surface area contributed by atoms with E-state index < -0.39 is 4.92 Å². The minimum absolute atomic E-state index is 0.0210. The Labute approximate surface area is 156 Å². The van der Waals surface area contributed by atoms with Crippen LogP contribution >= 0.6 is 0 Å². The molecular formula is C19H21NO7. The van der Waals surface area contributed by atoms with Gasteiger partial charge in [-0.15, -0.1) is 0 Å². The first-order valence-electron chi connectivity index (χ1n) is 8.02. The summed E-state index contributed by atoms with van der Waals surface area (Å²) in [6.45, 7) is -0.132. The smallest absolute Gasteiger partial charge is 0.269 e. The van der Waals surface area contributed by atoms with Crippen LogP contribution < -0.4 is 9.47 Å². The van der Waals surface area contributed by atoms with Gasteiger partial charge in [0.1, 0.15) is 11.5 Å². The van der Waals surface area contributed by atoms with Crippen LogP contribution in [0.15, 0.2) is 36.4 Å². The molecule has 0 saturated heterocycles. The number of nitro benzene ring substituents is 1. The fourth-order valence-electron chi connectivity index (χ4n) is 2.28. The van der Waals surface area contributed by atoms with Crippen molar-refractivity contribution in [2.45, 2.75) is 6.61 Å². The number of benzene rings is 2. The lowest BCUT2D eigenvalue weighted by atomic mass is 10.1. The Kier molecular flexibility index (Phi) is 7.75. The maximum atomic E-state index is 10.8. The Balaban J connectivity index is 2.39. The van der Waals surface area contributed by atoms with E-state index in [1.54, 1.807) is 36.4 Å². The molecule has 0 spiro atoms. The summed E-state index contributed by atoms with van der Waals surface area (Å²) in [5, 5.41) is 20.2.